The molecule has 1 saturated carbocycles. The highest BCUT2D eigenvalue weighted by atomic mass is 16.5. The van der Waals surface area contributed by atoms with Crippen LogP contribution in [0, 0.1) is 11.3 Å². The number of carbonyl (C=O) groups is 1. The van der Waals surface area contributed by atoms with Gasteiger partial charge in [0.05, 0.1) is 24.7 Å². The first-order valence-corrected chi connectivity index (χ1v) is 8.77. The lowest BCUT2D eigenvalue weighted by Crippen LogP contribution is -2.29. The molecule has 0 spiro atoms. The predicted molar refractivity (Wildman–Crippen MR) is 92.7 cm³/mol. The molecule has 1 aromatic rings. The van der Waals surface area contributed by atoms with Crippen LogP contribution in [0.2, 0.25) is 0 Å². The third kappa shape index (κ3) is 3.48. The first-order valence-electron chi connectivity index (χ1n) is 8.77. The Kier molecular flexibility index (Phi) is 4.98. The molecule has 132 valence electrons. The van der Waals surface area contributed by atoms with Crippen LogP contribution < -0.4 is 9.47 Å². The smallest absolute Gasteiger partial charge is 0.331 e. The van der Waals surface area contributed by atoms with Crippen molar-refractivity contribution in [2.24, 2.45) is 0 Å². The van der Waals surface area contributed by atoms with Crippen molar-refractivity contribution >= 4 is 5.97 Å². The van der Waals surface area contributed by atoms with Crippen LogP contribution in [0.4, 0.5) is 0 Å². The monoisotopic (exact) mass is 341 g/mol. The van der Waals surface area contributed by atoms with E-state index in [1.807, 2.05) is 18.2 Å². The maximum Gasteiger partial charge on any atom is 0.331 e. The molecular weight excluding hydrogens is 318 g/mol. The van der Waals surface area contributed by atoms with Gasteiger partial charge < -0.3 is 14.6 Å². The summed E-state index contributed by atoms with van der Waals surface area (Å²) < 4.78 is 11.5. The second kappa shape index (κ2) is 7.18. The fourth-order valence-electron chi connectivity index (χ4n) is 3.80. The van der Waals surface area contributed by atoms with Crippen LogP contribution in [0.3, 0.4) is 0 Å². The van der Waals surface area contributed by atoms with Crippen molar-refractivity contribution in [2.45, 2.75) is 56.5 Å². The van der Waals surface area contributed by atoms with E-state index in [1.165, 1.54) is 12.8 Å². The van der Waals surface area contributed by atoms with Gasteiger partial charge in [-0.1, -0.05) is 12.1 Å². The van der Waals surface area contributed by atoms with Gasteiger partial charge in [0.25, 0.3) is 0 Å². The fraction of sp³-hybridized carbons (Fsp3) is 0.500. The van der Waals surface area contributed by atoms with Crippen molar-refractivity contribution in [3.05, 3.63) is 35.4 Å². The summed E-state index contributed by atoms with van der Waals surface area (Å²) in [5.74, 6) is 0.344. The highest BCUT2D eigenvalue weighted by Gasteiger charge is 2.37. The third-order valence-corrected chi connectivity index (χ3v) is 5.25. The van der Waals surface area contributed by atoms with Crippen molar-refractivity contribution in [3.8, 4) is 17.6 Å². The van der Waals surface area contributed by atoms with Gasteiger partial charge in [0.15, 0.2) is 11.5 Å². The SMILES string of the molecule is COc1ccc(C2(C#N)CCC=C(C(=O)O)C2)cc1OC1CCCC1. The van der Waals surface area contributed by atoms with Crippen LogP contribution >= 0.6 is 0 Å². The number of carboxylic acids is 1. The molecule has 0 radical (unpaired) electrons. The molecule has 1 aromatic carbocycles. The molecule has 1 fully saturated rings. The second-order valence-electron chi connectivity index (χ2n) is 6.83. The van der Waals surface area contributed by atoms with E-state index in [9.17, 15) is 15.2 Å². The van der Waals surface area contributed by atoms with Crippen LogP contribution in [-0.4, -0.2) is 24.3 Å². The zero-order valence-electron chi connectivity index (χ0n) is 14.5. The molecule has 3 rings (SSSR count). The van der Waals surface area contributed by atoms with Crippen LogP contribution in [0.25, 0.3) is 0 Å². The highest BCUT2D eigenvalue weighted by molar-refractivity contribution is 5.87. The van der Waals surface area contributed by atoms with E-state index in [-0.39, 0.29) is 12.5 Å². The average Bonchev–Trinajstić information content (AvgIpc) is 3.14. The summed E-state index contributed by atoms with van der Waals surface area (Å²) in [6, 6.07) is 7.92. The van der Waals surface area contributed by atoms with E-state index in [1.54, 1.807) is 13.2 Å². The van der Waals surface area contributed by atoms with Crippen molar-refractivity contribution in [1.82, 2.24) is 0 Å². The number of ether oxygens (including phenoxy) is 2. The first-order chi connectivity index (χ1) is 12.1. The Morgan fingerprint density at radius 1 is 1.32 bits per heavy atom. The maximum atomic E-state index is 11.4. The molecule has 0 amide bonds. The molecule has 5 nitrogen and oxygen atoms in total. The van der Waals surface area contributed by atoms with Crippen LogP contribution in [0.15, 0.2) is 29.8 Å². The Labute approximate surface area is 147 Å². The van der Waals surface area contributed by atoms with Crippen molar-refractivity contribution in [2.75, 3.05) is 7.11 Å². The number of allylic oxidation sites excluding steroid dienone is 1. The summed E-state index contributed by atoms with van der Waals surface area (Å²) in [5, 5.41) is 19.2. The maximum absolute atomic E-state index is 11.4. The molecule has 0 saturated heterocycles. The fourth-order valence-corrected chi connectivity index (χ4v) is 3.80. The normalized spacial score (nSPS) is 23.6. The number of hydrogen-bond acceptors (Lipinski definition) is 4. The molecule has 25 heavy (non-hydrogen) atoms. The molecule has 1 unspecified atom stereocenters. The van der Waals surface area contributed by atoms with Gasteiger partial charge in [0.2, 0.25) is 0 Å². The van der Waals surface area contributed by atoms with Gasteiger partial charge in [-0.25, -0.2) is 4.79 Å². The van der Waals surface area contributed by atoms with Gasteiger partial charge in [-0.05, 0) is 56.2 Å². The Morgan fingerprint density at radius 2 is 2.08 bits per heavy atom. The number of benzene rings is 1. The van der Waals surface area contributed by atoms with Gasteiger partial charge in [0.1, 0.15) is 0 Å². The van der Waals surface area contributed by atoms with Gasteiger partial charge in [-0.3, -0.25) is 0 Å². The second-order valence-corrected chi connectivity index (χ2v) is 6.83. The minimum absolute atomic E-state index is 0.183. The van der Waals surface area contributed by atoms with Gasteiger partial charge in [0, 0.05) is 12.0 Å². The highest BCUT2D eigenvalue weighted by Crippen LogP contribution is 2.42. The summed E-state index contributed by atoms with van der Waals surface area (Å²) in [6.45, 7) is 0. The Hall–Kier alpha value is -2.48. The van der Waals surface area contributed by atoms with Crippen LogP contribution in [-0.2, 0) is 10.2 Å². The number of rotatable bonds is 5. The largest absolute Gasteiger partial charge is 0.493 e. The molecule has 0 bridgehead atoms. The standard InChI is InChI=1S/C20H23NO4/c1-24-17-9-8-15(11-18(17)25-16-6-2-3-7-16)20(13-21)10-4-5-14(12-20)19(22)23/h5,8-9,11,16H,2-4,6-7,10,12H2,1H3,(H,22,23). The van der Waals surface area contributed by atoms with Crippen molar-refractivity contribution in [1.29, 1.82) is 5.26 Å². The van der Waals surface area contributed by atoms with Gasteiger partial charge in [-0.2, -0.15) is 5.26 Å². The van der Waals surface area contributed by atoms with E-state index >= 15 is 0 Å². The Morgan fingerprint density at radius 3 is 2.72 bits per heavy atom. The molecule has 2 aliphatic carbocycles. The van der Waals surface area contributed by atoms with Crippen LogP contribution in [0.5, 0.6) is 11.5 Å². The quantitative estimate of drug-likeness (QED) is 0.876. The number of hydrogen-bond donors (Lipinski definition) is 1. The lowest BCUT2D eigenvalue weighted by molar-refractivity contribution is -0.133. The minimum Gasteiger partial charge on any atom is -0.493 e. The molecule has 1 N–H and O–H groups in total. The Balaban J connectivity index is 1.94. The number of carboxylic acid groups (broad SMARTS) is 1. The number of nitrogens with zero attached hydrogens (tertiary/aromatic N) is 1. The molecule has 0 heterocycles. The first kappa shape index (κ1) is 17.3. The molecule has 2 aliphatic rings. The zero-order chi connectivity index (χ0) is 17.9. The van der Waals surface area contributed by atoms with Crippen molar-refractivity contribution in [3.63, 3.8) is 0 Å². The number of aliphatic carboxylic acids is 1. The van der Waals surface area contributed by atoms with Gasteiger partial charge in [-0.15, -0.1) is 0 Å². The van der Waals surface area contributed by atoms with E-state index in [0.717, 1.165) is 18.4 Å². The van der Waals surface area contributed by atoms with Crippen LogP contribution in [0.1, 0.15) is 50.5 Å². The average molecular weight is 341 g/mol. The Bertz CT molecular complexity index is 728. The summed E-state index contributed by atoms with van der Waals surface area (Å²) in [5.41, 5.74) is 0.278. The number of nitriles is 1. The zero-order valence-corrected chi connectivity index (χ0v) is 14.5. The van der Waals surface area contributed by atoms with E-state index in [2.05, 4.69) is 6.07 Å². The lowest BCUT2D eigenvalue weighted by atomic mass is 9.70. The summed E-state index contributed by atoms with van der Waals surface area (Å²) >= 11 is 0. The molecule has 0 aliphatic heterocycles. The minimum atomic E-state index is -0.949. The lowest BCUT2D eigenvalue weighted by Gasteiger charge is -2.31. The molecule has 1 atom stereocenters. The predicted octanol–water partition coefficient (Wildman–Crippen LogP) is 3.97. The van der Waals surface area contributed by atoms with Gasteiger partial charge >= 0.3 is 5.97 Å². The third-order valence-electron chi connectivity index (χ3n) is 5.25. The molecule has 0 aromatic heterocycles. The molecule has 5 heteroatoms. The number of methoxy groups -OCH3 is 1. The molecular formula is C20H23NO4. The summed E-state index contributed by atoms with van der Waals surface area (Å²) in [6.07, 6.45) is 7.71. The van der Waals surface area contributed by atoms with E-state index in [0.29, 0.717) is 29.9 Å². The topological polar surface area (TPSA) is 79.5 Å². The summed E-state index contributed by atoms with van der Waals surface area (Å²) in [4.78, 5) is 11.4. The van der Waals surface area contributed by atoms with E-state index in [4.69, 9.17) is 9.47 Å². The summed E-state index contributed by atoms with van der Waals surface area (Å²) in [7, 11) is 1.60. The van der Waals surface area contributed by atoms with Crippen molar-refractivity contribution < 1.29 is 19.4 Å². The van der Waals surface area contributed by atoms with E-state index < -0.39 is 11.4 Å².